The minimum Gasteiger partial charge on any atom is -0.378 e. The van der Waals surface area contributed by atoms with Gasteiger partial charge in [0.2, 0.25) is 5.56 Å². The molecule has 0 radical (unpaired) electrons. The number of benzene rings is 2. The highest BCUT2D eigenvalue weighted by Gasteiger charge is 2.19. The Hall–Kier alpha value is -3.58. The van der Waals surface area contributed by atoms with Crippen LogP contribution in [0.5, 0.6) is 0 Å². The van der Waals surface area contributed by atoms with E-state index < -0.39 is 0 Å². The maximum atomic E-state index is 14.9. The Morgan fingerprint density at radius 1 is 1.03 bits per heavy atom. The van der Waals surface area contributed by atoms with E-state index in [0.29, 0.717) is 5.56 Å². The number of halogens is 1. The predicted molar refractivity (Wildman–Crippen MR) is 127 cm³/mol. The molecule has 0 spiro atoms. The lowest BCUT2D eigenvalue weighted by Crippen LogP contribution is -2.36. The van der Waals surface area contributed by atoms with Gasteiger partial charge in [-0.1, -0.05) is 13.0 Å². The zero-order valence-corrected chi connectivity index (χ0v) is 18.7. The van der Waals surface area contributed by atoms with Gasteiger partial charge in [-0.15, -0.1) is 0 Å². The molecule has 1 fully saturated rings. The highest BCUT2D eigenvalue weighted by molar-refractivity contribution is 5.94. The van der Waals surface area contributed by atoms with Crippen LogP contribution >= 0.6 is 0 Å². The Balaban J connectivity index is 1.56. The Kier molecular flexibility index (Phi) is 5.64. The lowest BCUT2D eigenvalue weighted by molar-refractivity contribution is 0.122. The van der Waals surface area contributed by atoms with Crippen molar-refractivity contribution in [2.75, 3.05) is 31.2 Å². The molecular weight excluding hydrogens is 419 g/mol. The van der Waals surface area contributed by atoms with Crippen molar-refractivity contribution in [2.45, 2.75) is 12.8 Å². The largest absolute Gasteiger partial charge is 0.378 e. The third-order valence-corrected chi connectivity index (χ3v) is 6.40. The minimum atomic E-state index is -0.310. The Morgan fingerprint density at radius 2 is 1.85 bits per heavy atom. The molecule has 1 aliphatic heterocycles. The molecule has 2 aromatic carbocycles. The summed E-state index contributed by atoms with van der Waals surface area (Å²) < 4.78 is 21.9. The van der Waals surface area contributed by atoms with Crippen molar-refractivity contribution in [3.8, 4) is 11.3 Å². The predicted octanol–water partition coefficient (Wildman–Crippen LogP) is 4.12. The number of rotatable bonds is 4. The molecule has 0 aliphatic carbocycles. The number of anilines is 1. The molecule has 3 heterocycles. The second kappa shape index (κ2) is 8.75. The van der Waals surface area contributed by atoms with Crippen LogP contribution in [0.3, 0.4) is 0 Å². The molecule has 4 aromatic rings. The van der Waals surface area contributed by atoms with Crippen molar-refractivity contribution in [2.24, 2.45) is 7.05 Å². The van der Waals surface area contributed by atoms with Gasteiger partial charge in [0.15, 0.2) is 0 Å². The summed E-state index contributed by atoms with van der Waals surface area (Å²) in [6.07, 6.45) is 1.55. The summed E-state index contributed by atoms with van der Waals surface area (Å²) in [5.41, 5.74) is 4.66. The molecule has 1 aliphatic rings. The van der Waals surface area contributed by atoms with Gasteiger partial charge in [-0.05, 0) is 48.0 Å². The summed E-state index contributed by atoms with van der Waals surface area (Å²) in [5, 5.41) is 0.909. The molecule has 1 saturated heterocycles. The summed E-state index contributed by atoms with van der Waals surface area (Å²) in [4.78, 5) is 23.4. The first-order valence-electron chi connectivity index (χ1n) is 11.1. The molecular formula is C26H25FN4O2. The fourth-order valence-corrected chi connectivity index (χ4v) is 4.49. The second-order valence-corrected chi connectivity index (χ2v) is 8.33. The molecule has 0 bridgehead atoms. The molecule has 5 rings (SSSR count). The van der Waals surface area contributed by atoms with Gasteiger partial charge in [-0.3, -0.25) is 4.79 Å². The van der Waals surface area contributed by atoms with Crippen LogP contribution in [-0.2, 0) is 11.8 Å². The first kappa shape index (κ1) is 21.3. The quantitative estimate of drug-likeness (QED) is 0.474. The first-order valence-corrected chi connectivity index (χ1v) is 11.1. The highest BCUT2D eigenvalue weighted by Crippen LogP contribution is 2.33. The maximum Gasteiger partial charge on any atom is 0.250 e. The van der Waals surface area contributed by atoms with E-state index in [-0.39, 0.29) is 17.3 Å². The van der Waals surface area contributed by atoms with E-state index in [1.807, 2.05) is 25.1 Å². The number of hydrogen-bond acceptors (Lipinski definition) is 5. The number of hydrogen-bond donors (Lipinski definition) is 0. The zero-order chi connectivity index (χ0) is 22.9. The summed E-state index contributed by atoms with van der Waals surface area (Å²) >= 11 is 0. The van der Waals surface area contributed by atoms with Crippen LogP contribution in [0.15, 0.2) is 65.7 Å². The van der Waals surface area contributed by atoms with Crippen LogP contribution in [0, 0.1) is 5.82 Å². The van der Waals surface area contributed by atoms with Crippen LogP contribution in [0.4, 0.5) is 10.1 Å². The van der Waals surface area contributed by atoms with Gasteiger partial charge in [0.1, 0.15) is 12.1 Å². The normalized spacial score (nSPS) is 15.1. The number of nitrogens with zero attached hydrogens (tertiary/aromatic N) is 4. The number of morpholine rings is 1. The van der Waals surface area contributed by atoms with Gasteiger partial charge in [0, 0.05) is 54.5 Å². The van der Waals surface area contributed by atoms with Gasteiger partial charge in [-0.25, -0.2) is 14.4 Å². The minimum absolute atomic E-state index is 0.117. The van der Waals surface area contributed by atoms with E-state index in [2.05, 4.69) is 27.0 Å². The molecule has 168 valence electrons. The molecule has 6 nitrogen and oxygen atoms in total. The maximum absolute atomic E-state index is 14.9. The smallest absolute Gasteiger partial charge is 0.250 e. The van der Waals surface area contributed by atoms with Crippen LogP contribution in [0.1, 0.15) is 24.1 Å². The number of ether oxygens (including phenoxy) is 1. The Labute approximate surface area is 191 Å². The summed E-state index contributed by atoms with van der Waals surface area (Å²) in [6.45, 7) is 5.05. The summed E-state index contributed by atoms with van der Waals surface area (Å²) in [5.74, 6) is -0.611. The zero-order valence-electron chi connectivity index (χ0n) is 18.7. The van der Waals surface area contributed by atoms with E-state index in [9.17, 15) is 9.18 Å². The number of fused-ring (bicyclic) bond motifs is 1. The average molecular weight is 445 g/mol. The van der Waals surface area contributed by atoms with Crippen molar-refractivity contribution < 1.29 is 9.13 Å². The van der Waals surface area contributed by atoms with E-state index >= 15 is 0 Å². The molecule has 0 saturated carbocycles. The summed E-state index contributed by atoms with van der Waals surface area (Å²) in [7, 11) is 1.71. The third-order valence-electron chi connectivity index (χ3n) is 6.40. The standard InChI is InChI=1S/C26H25FN4O2/c1-17(24-4-3-5-25(32)30(24)2)21-14-18(6-9-22(21)27)26-20-8-7-19(15-23(20)28-16-29-26)31-10-12-33-13-11-31/h3-9,14-17H,10-13H2,1-2H3. The van der Waals surface area contributed by atoms with Gasteiger partial charge >= 0.3 is 0 Å². The monoisotopic (exact) mass is 444 g/mol. The van der Waals surface area contributed by atoms with E-state index in [1.54, 1.807) is 30.1 Å². The Morgan fingerprint density at radius 3 is 2.67 bits per heavy atom. The van der Waals surface area contributed by atoms with Crippen molar-refractivity contribution in [1.29, 1.82) is 0 Å². The topological polar surface area (TPSA) is 60.2 Å². The van der Waals surface area contributed by atoms with Crippen LogP contribution in [-0.4, -0.2) is 40.8 Å². The second-order valence-electron chi connectivity index (χ2n) is 8.33. The molecule has 33 heavy (non-hydrogen) atoms. The van der Waals surface area contributed by atoms with Crippen LogP contribution < -0.4 is 10.5 Å². The molecule has 2 aromatic heterocycles. The van der Waals surface area contributed by atoms with Crippen LogP contribution in [0.2, 0.25) is 0 Å². The molecule has 0 amide bonds. The van der Waals surface area contributed by atoms with Gasteiger partial charge < -0.3 is 14.2 Å². The summed E-state index contributed by atoms with van der Waals surface area (Å²) in [6, 6.07) is 16.3. The third kappa shape index (κ3) is 4.00. The van der Waals surface area contributed by atoms with Crippen molar-refractivity contribution in [3.63, 3.8) is 0 Å². The molecule has 7 heteroatoms. The lowest BCUT2D eigenvalue weighted by atomic mass is 9.93. The molecule has 1 atom stereocenters. The molecule has 1 unspecified atom stereocenters. The van der Waals surface area contributed by atoms with E-state index in [4.69, 9.17) is 4.74 Å². The van der Waals surface area contributed by atoms with Crippen LogP contribution in [0.25, 0.3) is 22.2 Å². The highest BCUT2D eigenvalue weighted by atomic mass is 19.1. The van der Waals surface area contributed by atoms with E-state index in [0.717, 1.165) is 59.8 Å². The first-order chi connectivity index (χ1) is 16.0. The fraction of sp³-hybridized carbons (Fsp3) is 0.269. The average Bonchev–Trinajstić information content (AvgIpc) is 2.85. The lowest BCUT2D eigenvalue weighted by Gasteiger charge is -2.29. The van der Waals surface area contributed by atoms with Crippen molar-refractivity contribution >= 4 is 16.6 Å². The Bertz CT molecular complexity index is 1380. The number of aromatic nitrogens is 3. The van der Waals surface area contributed by atoms with Crippen molar-refractivity contribution in [3.05, 3.63) is 88.4 Å². The van der Waals surface area contributed by atoms with Gasteiger partial charge in [0.05, 0.1) is 24.4 Å². The molecule has 0 N–H and O–H groups in total. The van der Waals surface area contributed by atoms with Gasteiger partial charge in [0.25, 0.3) is 0 Å². The number of pyridine rings is 1. The van der Waals surface area contributed by atoms with E-state index in [1.165, 1.54) is 12.1 Å². The SMILES string of the molecule is CC(c1cc(-c2ncnc3cc(N4CCOCC4)ccc23)ccc1F)c1cccc(=O)n1C. The van der Waals surface area contributed by atoms with Gasteiger partial charge in [-0.2, -0.15) is 0 Å². The van der Waals surface area contributed by atoms with Crippen molar-refractivity contribution in [1.82, 2.24) is 14.5 Å². The fourth-order valence-electron chi connectivity index (χ4n) is 4.49.